The molecule has 0 aliphatic carbocycles. The first-order chi connectivity index (χ1) is 61.1. The van der Waals surface area contributed by atoms with Crippen LogP contribution in [0.5, 0.6) is 0 Å². The Hall–Kier alpha value is -7.58. The van der Waals surface area contributed by atoms with E-state index in [1.807, 2.05) is 60.7 Å². The Morgan fingerprint density at radius 2 is 0.852 bits per heavy atom. The van der Waals surface area contributed by atoms with E-state index >= 15 is 0 Å². The normalized spacial score (nSPS) is 19.8. The van der Waals surface area contributed by atoms with E-state index in [4.69, 9.17) is 112 Å². The second-order valence-corrected chi connectivity index (χ2v) is 34.2. The number of hydrogen-bond acceptors (Lipinski definition) is 36. The van der Waals surface area contributed by atoms with Gasteiger partial charge in [-0.1, -0.05) is 153 Å². The van der Waals surface area contributed by atoms with Crippen molar-refractivity contribution in [2.24, 2.45) is 32.9 Å². The Morgan fingerprint density at radius 3 is 1.24 bits per heavy atom. The van der Waals surface area contributed by atoms with Crippen LogP contribution in [0.2, 0.25) is 0 Å². The third kappa shape index (κ3) is 51.3. The van der Waals surface area contributed by atoms with Gasteiger partial charge in [-0.2, -0.15) is 10.5 Å². The lowest BCUT2D eigenvalue weighted by Gasteiger charge is -2.40. The van der Waals surface area contributed by atoms with E-state index in [-0.39, 0.29) is 149 Å². The number of benzene rings is 2. The molecular weight excluding hydrogens is 1750 g/mol. The van der Waals surface area contributed by atoms with Crippen molar-refractivity contribution in [1.82, 2.24) is 21.3 Å². The fourth-order valence-corrected chi connectivity index (χ4v) is 15.1. The number of amides is 4. The smallest absolute Gasteiger partial charge is 0.305 e. The van der Waals surface area contributed by atoms with Gasteiger partial charge in [0.15, 0.2) is 12.6 Å². The second-order valence-electron chi connectivity index (χ2n) is 29.8. The highest BCUT2D eigenvalue weighted by molar-refractivity contribution is 8.25. The molecule has 2 saturated heterocycles. The maximum absolute atomic E-state index is 14.2. The van der Waals surface area contributed by atoms with Crippen LogP contribution in [0.25, 0.3) is 20.9 Å². The molecule has 0 radical (unpaired) electrons. The van der Waals surface area contributed by atoms with Gasteiger partial charge in [-0.3, -0.25) is 28.8 Å². The summed E-state index contributed by atoms with van der Waals surface area (Å²) < 4.78 is 74.4. The molecule has 2 aliphatic rings. The molecule has 2 aromatic carbocycles. The SMILES string of the molecule is C=C(C)C(=O)NCCO.C=C(C)C(=O)NCCOCCO[C@H]1O[C@@H](CO)[C@H](O)[C@@H](O)[C@@H]1C.CC(C#N)(CCC(=O)OCCOCCOCCOCCN=[N+]=[N-])SC(=S)c1ccccc1.C[C@@H]1[C@@H](OCCOCCNC(=O)C(C)(CC(C)(CC(C)(C#N)CCC(=O)OCCOCCOCCOCCN=[N+]=[N-])C(=O)NCCO)SC(=S)c2ccccc2)O[C@@H](CO)[C@H](O)[C@H]1O. The third-order valence-corrected chi connectivity index (χ3v) is 22.0. The van der Waals surface area contributed by atoms with Gasteiger partial charge in [0.05, 0.1) is 188 Å². The topological polar surface area (TPSA) is 587 Å². The Labute approximate surface area is 768 Å². The molecule has 2 aliphatic heterocycles. The highest BCUT2D eigenvalue weighted by atomic mass is 32.2. The number of ether oxygens (including phenoxy) is 14. The molecule has 0 saturated carbocycles. The van der Waals surface area contributed by atoms with E-state index in [0.717, 1.165) is 17.3 Å². The summed E-state index contributed by atoms with van der Waals surface area (Å²) in [6, 6.07) is 23.1. The molecule has 0 aromatic heterocycles. The van der Waals surface area contributed by atoms with Crippen LogP contribution in [0, 0.1) is 45.3 Å². The fraction of sp³-hybridized carbons (Fsp3) is 0.690. The zero-order valence-corrected chi connectivity index (χ0v) is 77.6. The van der Waals surface area contributed by atoms with Crippen molar-refractivity contribution in [3.63, 3.8) is 0 Å². The lowest BCUT2D eigenvalue weighted by molar-refractivity contribution is -0.284. The summed E-state index contributed by atoms with van der Waals surface area (Å²) in [5.41, 5.74) is 16.2. The molecule has 14 atom stereocenters. The average molecular weight is 1890 g/mol. The predicted molar refractivity (Wildman–Crippen MR) is 482 cm³/mol. The average Bonchev–Trinajstić information content (AvgIpc) is 0.776. The van der Waals surface area contributed by atoms with Gasteiger partial charge in [-0.05, 0) is 82.5 Å². The molecule has 0 bridgehead atoms. The lowest BCUT2D eigenvalue weighted by atomic mass is 9.67. The van der Waals surface area contributed by atoms with Crippen LogP contribution in [0.4, 0.5) is 0 Å². The van der Waals surface area contributed by atoms with Gasteiger partial charge in [-0.15, -0.1) is 0 Å². The summed E-state index contributed by atoms with van der Waals surface area (Å²) in [5.74, 6) is -3.30. The molecule has 720 valence electrons. The van der Waals surface area contributed by atoms with Gasteiger partial charge >= 0.3 is 11.9 Å². The molecule has 40 nitrogen and oxygen atoms in total. The van der Waals surface area contributed by atoms with Gasteiger partial charge in [0.1, 0.15) is 42.4 Å². The summed E-state index contributed by atoms with van der Waals surface area (Å²) in [7, 11) is 0. The van der Waals surface area contributed by atoms with Crippen LogP contribution in [0.15, 0.2) is 95.2 Å². The molecule has 2 aromatic rings. The summed E-state index contributed by atoms with van der Waals surface area (Å²) in [5, 5.41) is 114. The first kappa shape index (κ1) is 118. The van der Waals surface area contributed by atoms with Gasteiger partial charge in [-0.25, -0.2) is 0 Å². The Balaban J connectivity index is 0.00000105. The van der Waals surface area contributed by atoms with E-state index in [2.05, 4.69) is 66.6 Å². The second kappa shape index (κ2) is 70.2. The number of nitrogens with one attached hydrogen (secondary N) is 4. The summed E-state index contributed by atoms with van der Waals surface area (Å²) in [6.45, 7) is 25.3. The molecule has 12 N–H and O–H groups in total. The zero-order chi connectivity index (χ0) is 95.6. The number of azide groups is 2. The van der Waals surface area contributed by atoms with Gasteiger partial charge < -0.3 is 128 Å². The first-order valence-corrected chi connectivity index (χ1v) is 44.1. The molecule has 2 fully saturated rings. The van der Waals surface area contributed by atoms with Crippen LogP contribution in [0.1, 0.15) is 105 Å². The van der Waals surface area contributed by atoms with Crippen LogP contribution in [-0.4, -0.2) is 341 Å². The van der Waals surface area contributed by atoms with E-state index in [0.29, 0.717) is 117 Å². The number of rotatable bonds is 62. The van der Waals surface area contributed by atoms with Crippen molar-refractivity contribution >= 4 is 91.9 Å². The number of thiocarbonyl (C=S) groups is 2. The van der Waals surface area contributed by atoms with Gasteiger partial charge in [0, 0.05) is 90.3 Å². The Morgan fingerprint density at radius 1 is 0.492 bits per heavy atom. The monoisotopic (exact) mass is 1880 g/mol. The number of aliphatic hydroxyl groups is 8. The van der Waals surface area contributed by atoms with Crippen molar-refractivity contribution in [1.29, 1.82) is 10.5 Å². The minimum absolute atomic E-state index is 0.0198. The van der Waals surface area contributed by atoms with E-state index < -0.39 is 112 Å². The van der Waals surface area contributed by atoms with Crippen LogP contribution in [0.3, 0.4) is 0 Å². The summed E-state index contributed by atoms with van der Waals surface area (Å²) in [6.07, 6.45) is -7.82. The molecule has 44 heteroatoms. The van der Waals surface area contributed by atoms with Gasteiger partial charge in [0.25, 0.3) is 0 Å². The summed E-state index contributed by atoms with van der Waals surface area (Å²) in [4.78, 5) is 80.0. The minimum atomic E-state index is -1.40. The van der Waals surface area contributed by atoms with Crippen molar-refractivity contribution < 1.29 is 136 Å². The summed E-state index contributed by atoms with van der Waals surface area (Å²) >= 11 is 13.6. The molecule has 4 rings (SSSR count). The molecule has 4 unspecified atom stereocenters. The minimum Gasteiger partial charge on any atom is -0.463 e. The maximum Gasteiger partial charge on any atom is 0.305 e. The number of hydrogen-bond donors (Lipinski definition) is 12. The maximum atomic E-state index is 14.2. The third-order valence-electron chi connectivity index (χ3n) is 18.7. The number of thioether (sulfide) groups is 2. The highest BCUT2D eigenvalue weighted by Crippen LogP contribution is 2.47. The van der Waals surface area contributed by atoms with Crippen molar-refractivity contribution in [3.05, 3.63) is 117 Å². The standard InChI is InChI=1S/C42H66N6O14S2.C21H28N4O5S2.C15H27NO7.C6H11NO2/c1-30-34(52)35(53)32(26-50)62-36(30)61-25-23-56-16-13-46-39(55)42(4,64-37(63)31-8-6-5-7-9-31)28-41(3,38(54)45-12-15-49)27-40(2,29-43)11-10-33(51)60-24-22-59-21-20-58-19-18-57-17-14-47-48-44;1-21(17-22,32-20(31)18-5-3-2-4-6-18)8-7-19(26)30-16-15-29-14-13-28-12-11-27-10-9-24-25-23;1-9(2)14(20)16-4-5-21-6-7-22-15-10(3)12(18)13(19)11(8-17)23-15;1-5(2)6(9)7-3-4-8/h5-9,30,32,34-36,49-50,52-53H,10-28H2,1-4H3,(H,45,54)(H,46,55);2-6H,7-16H2,1H3;10-13,15,17-19H,1,4-8H2,2-3H3,(H,16,20);8H,1,3-4H2,2H3,(H,7,9)/t30-,32-,34-,35-,36-,40?,41?,42?;;10-,11-,12-,13-,15-;/m0.0./s1. The number of carbonyl (C=O) groups is 6. The van der Waals surface area contributed by atoms with Gasteiger partial charge in [0.2, 0.25) is 23.6 Å². The Kier molecular flexibility index (Phi) is 65.0. The lowest BCUT2D eigenvalue weighted by Crippen LogP contribution is -2.55. The fourth-order valence-electron chi connectivity index (χ4n) is 11.6. The number of esters is 2. The quantitative estimate of drug-likeness (QED) is 0.00811. The first-order valence-electron chi connectivity index (χ1n) is 41.6. The van der Waals surface area contributed by atoms with Crippen molar-refractivity contribution in [2.45, 2.75) is 153 Å². The Bertz CT molecular complexity index is 3740. The molecule has 4 amide bonds. The number of nitriles is 2. The number of aliphatic hydroxyl groups excluding tert-OH is 8. The molecular formula is C84H132N12O28S4. The number of nitrogens with zero attached hydrogens (tertiary/aromatic N) is 8. The van der Waals surface area contributed by atoms with E-state index in [9.17, 15) is 69.9 Å². The molecule has 2 heterocycles. The zero-order valence-electron chi connectivity index (χ0n) is 74.4. The van der Waals surface area contributed by atoms with Crippen LogP contribution < -0.4 is 21.3 Å². The molecule has 128 heavy (non-hydrogen) atoms. The van der Waals surface area contributed by atoms with E-state index in [1.165, 1.54) is 11.8 Å². The van der Waals surface area contributed by atoms with Crippen molar-refractivity contribution in [2.75, 3.05) is 198 Å². The largest absolute Gasteiger partial charge is 0.463 e. The van der Waals surface area contributed by atoms with E-state index in [1.54, 1.807) is 55.4 Å². The predicted octanol–water partition coefficient (Wildman–Crippen LogP) is 4.71. The van der Waals surface area contributed by atoms with Crippen molar-refractivity contribution in [3.8, 4) is 12.1 Å². The van der Waals surface area contributed by atoms with Crippen LogP contribution >= 0.6 is 48.0 Å². The highest BCUT2D eigenvalue weighted by Gasteiger charge is 2.50. The molecule has 0 spiro atoms. The number of carbonyl (C=O) groups excluding carboxylic acids is 6. The van der Waals surface area contributed by atoms with Crippen LogP contribution in [-0.2, 0) is 95.1 Å².